The molecule has 1 amide bonds. The van der Waals surface area contributed by atoms with Crippen molar-refractivity contribution in [3.63, 3.8) is 0 Å². The Bertz CT molecular complexity index is 422. The molecular weight excluding hydrogens is 230 g/mol. The van der Waals surface area contributed by atoms with Crippen LogP contribution >= 0.6 is 0 Å². The van der Waals surface area contributed by atoms with Gasteiger partial charge in [-0.1, -0.05) is 13.8 Å². The fourth-order valence-corrected chi connectivity index (χ4v) is 1.95. The van der Waals surface area contributed by atoms with Crippen molar-refractivity contribution in [3.8, 4) is 0 Å². The summed E-state index contributed by atoms with van der Waals surface area (Å²) in [5.74, 6) is 0.367. The third-order valence-electron chi connectivity index (χ3n) is 3.41. The zero-order valence-corrected chi connectivity index (χ0v) is 11.0. The molecule has 100 valence electrons. The van der Waals surface area contributed by atoms with Gasteiger partial charge in [-0.05, 0) is 31.2 Å². The highest BCUT2D eigenvalue weighted by Crippen LogP contribution is 2.44. The summed E-state index contributed by atoms with van der Waals surface area (Å²) in [6.45, 7) is 4.93. The van der Waals surface area contributed by atoms with Crippen LogP contribution in [0, 0.1) is 11.3 Å². The molecule has 0 unspecified atom stereocenters. The van der Waals surface area contributed by atoms with Gasteiger partial charge in [-0.15, -0.1) is 0 Å². The molecule has 1 aromatic heterocycles. The molecule has 1 aliphatic carbocycles. The van der Waals surface area contributed by atoms with Crippen LogP contribution in [0.1, 0.15) is 42.9 Å². The van der Waals surface area contributed by atoms with Crippen LogP contribution in [0.5, 0.6) is 0 Å². The number of aromatic amines is 1. The van der Waals surface area contributed by atoms with E-state index in [9.17, 15) is 9.90 Å². The SMILES string of the molecule is CC(C)Cc1cc(C(=O)NCC2(CO)CC2)n[nH]1. The molecule has 1 saturated carbocycles. The zero-order valence-electron chi connectivity index (χ0n) is 11.0. The fourth-order valence-electron chi connectivity index (χ4n) is 1.95. The summed E-state index contributed by atoms with van der Waals surface area (Å²) in [4.78, 5) is 11.9. The van der Waals surface area contributed by atoms with Gasteiger partial charge >= 0.3 is 0 Å². The molecule has 0 radical (unpaired) electrons. The summed E-state index contributed by atoms with van der Waals surface area (Å²) in [6.07, 6.45) is 2.87. The van der Waals surface area contributed by atoms with Gasteiger partial charge in [0.05, 0.1) is 6.61 Å². The van der Waals surface area contributed by atoms with Crippen LogP contribution in [0.25, 0.3) is 0 Å². The molecule has 1 heterocycles. The minimum Gasteiger partial charge on any atom is -0.396 e. The average molecular weight is 251 g/mol. The van der Waals surface area contributed by atoms with Gasteiger partial charge < -0.3 is 10.4 Å². The fraction of sp³-hybridized carbons (Fsp3) is 0.692. The Labute approximate surface area is 107 Å². The molecule has 0 aliphatic heterocycles. The first kappa shape index (κ1) is 13.1. The third kappa shape index (κ3) is 3.10. The smallest absolute Gasteiger partial charge is 0.271 e. The summed E-state index contributed by atoms with van der Waals surface area (Å²) in [5.41, 5.74) is 1.35. The second kappa shape index (κ2) is 5.10. The quantitative estimate of drug-likeness (QED) is 0.708. The number of nitrogens with zero attached hydrogens (tertiary/aromatic N) is 1. The van der Waals surface area contributed by atoms with Crippen LogP contribution < -0.4 is 5.32 Å². The van der Waals surface area contributed by atoms with Crippen LogP contribution in [0.4, 0.5) is 0 Å². The maximum absolute atomic E-state index is 11.9. The summed E-state index contributed by atoms with van der Waals surface area (Å²) in [5, 5.41) is 18.9. The largest absolute Gasteiger partial charge is 0.396 e. The predicted molar refractivity (Wildman–Crippen MR) is 68.2 cm³/mol. The minimum atomic E-state index is -0.166. The van der Waals surface area contributed by atoms with Crippen LogP contribution in [-0.4, -0.2) is 34.4 Å². The van der Waals surface area contributed by atoms with Crippen LogP contribution in [0.3, 0.4) is 0 Å². The number of carbonyl (C=O) groups excluding carboxylic acids is 1. The van der Waals surface area contributed by atoms with Crippen molar-refractivity contribution in [1.82, 2.24) is 15.5 Å². The highest BCUT2D eigenvalue weighted by Gasteiger charge is 2.42. The van der Waals surface area contributed by atoms with Crippen molar-refractivity contribution in [2.75, 3.05) is 13.2 Å². The normalized spacial score (nSPS) is 16.9. The topological polar surface area (TPSA) is 78.0 Å². The van der Waals surface area contributed by atoms with E-state index < -0.39 is 0 Å². The Morgan fingerprint density at radius 3 is 2.89 bits per heavy atom. The minimum absolute atomic E-state index is 0.0628. The number of H-pyrrole nitrogens is 1. The van der Waals surface area contributed by atoms with E-state index in [-0.39, 0.29) is 17.9 Å². The van der Waals surface area contributed by atoms with Gasteiger partial charge in [0.15, 0.2) is 0 Å². The molecule has 0 spiro atoms. The standard InChI is InChI=1S/C13H21N3O2/c1-9(2)5-10-6-11(16-15-10)12(18)14-7-13(8-17)3-4-13/h6,9,17H,3-5,7-8H2,1-2H3,(H,14,18)(H,15,16). The number of hydrogen-bond acceptors (Lipinski definition) is 3. The van der Waals surface area contributed by atoms with Gasteiger partial charge in [0.25, 0.3) is 5.91 Å². The van der Waals surface area contributed by atoms with E-state index in [1.165, 1.54) is 0 Å². The van der Waals surface area contributed by atoms with Crippen molar-refractivity contribution in [3.05, 3.63) is 17.5 Å². The van der Waals surface area contributed by atoms with E-state index >= 15 is 0 Å². The number of carbonyl (C=O) groups is 1. The molecule has 3 N–H and O–H groups in total. The van der Waals surface area contributed by atoms with E-state index in [0.717, 1.165) is 25.0 Å². The predicted octanol–water partition coefficient (Wildman–Crippen LogP) is 1.11. The molecule has 5 nitrogen and oxygen atoms in total. The number of nitrogens with one attached hydrogen (secondary N) is 2. The summed E-state index contributed by atoms with van der Waals surface area (Å²) in [6, 6.07) is 1.80. The van der Waals surface area contributed by atoms with Crippen molar-refractivity contribution in [1.29, 1.82) is 0 Å². The maximum atomic E-state index is 11.9. The van der Waals surface area contributed by atoms with Gasteiger partial charge in [0, 0.05) is 17.7 Å². The van der Waals surface area contributed by atoms with Crippen LogP contribution in [0.15, 0.2) is 6.07 Å². The van der Waals surface area contributed by atoms with E-state index in [4.69, 9.17) is 0 Å². The van der Waals surface area contributed by atoms with Gasteiger partial charge in [0.1, 0.15) is 5.69 Å². The van der Waals surface area contributed by atoms with Crippen LogP contribution in [-0.2, 0) is 6.42 Å². The van der Waals surface area contributed by atoms with Gasteiger partial charge in [-0.3, -0.25) is 9.89 Å². The molecular formula is C13H21N3O2. The summed E-state index contributed by atoms with van der Waals surface area (Å²) in [7, 11) is 0. The summed E-state index contributed by atoms with van der Waals surface area (Å²) >= 11 is 0. The van der Waals surface area contributed by atoms with E-state index in [1.807, 2.05) is 0 Å². The Morgan fingerprint density at radius 1 is 1.61 bits per heavy atom. The van der Waals surface area contributed by atoms with Gasteiger partial charge in [-0.25, -0.2) is 0 Å². The number of hydrogen-bond donors (Lipinski definition) is 3. The first-order valence-electron chi connectivity index (χ1n) is 6.48. The molecule has 5 heteroatoms. The number of aromatic nitrogens is 2. The Balaban J connectivity index is 1.87. The Morgan fingerprint density at radius 2 is 2.33 bits per heavy atom. The molecule has 1 aliphatic rings. The second-order valence-corrected chi connectivity index (χ2v) is 5.72. The molecule has 0 bridgehead atoms. The lowest BCUT2D eigenvalue weighted by Gasteiger charge is -2.11. The van der Waals surface area contributed by atoms with Gasteiger partial charge in [0.2, 0.25) is 0 Å². The highest BCUT2D eigenvalue weighted by atomic mass is 16.3. The third-order valence-corrected chi connectivity index (χ3v) is 3.41. The van der Waals surface area contributed by atoms with Crippen molar-refractivity contribution < 1.29 is 9.90 Å². The molecule has 0 aromatic carbocycles. The lowest BCUT2D eigenvalue weighted by Crippen LogP contribution is -2.32. The second-order valence-electron chi connectivity index (χ2n) is 5.72. The molecule has 18 heavy (non-hydrogen) atoms. The van der Waals surface area contributed by atoms with Crippen molar-refractivity contribution in [2.24, 2.45) is 11.3 Å². The Hall–Kier alpha value is -1.36. The molecule has 0 atom stereocenters. The van der Waals surface area contributed by atoms with Gasteiger partial charge in [-0.2, -0.15) is 5.10 Å². The number of aliphatic hydroxyl groups is 1. The number of amides is 1. The lowest BCUT2D eigenvalue weighted by molar-refractivity contribution is 0.0930. The first-order chi connectivity index (χ1) is 8.54. The highest BCUT2D eigenvalue weighted by molar-refractivity contribution is 5.92. The maximum Gasteiger partial charge on any atom is 0.271 e. The average Bonchev–Trinajstić information content (AvgIpc) is 2.98. The van der Waals surface area contributed by atoms with Crippen molar-refractivity contribution in [2.45, 2.75) is 33.1 Å². The molecule has 1 aromatic rings. The lowest BCUT2D eigenvalue weighted by atomic mass is 10.1. The van der Waals surface area contributed by atoms with Crippen molar-refractivity contribution >= 4 is 5.91 Å². The van der Waals surface area contributed by atoms with Crippen LogP contribution in [0.2, 0.25) is 0 Å². The summed E-state index contributed by atoms with van der Waals surface area (Å²) < 4.78 is 0. The number of aliphatic hydroxyl groups excluding tert-OH is 1. The van der Waals surface area contributed by atoms with E-state index in [0.29, 0.717) is 18.2 Å². The molecule has 0 saturated heterocycles. The zero-order chi connectivity index (χ0) is 13.2. The first-order valence-corrected chi connectivity index (χ1v) is 6.48. The molecule has 2 rings (SSSR count). The Kier molecular flexibility index (Phi) is 3.71. The monoisotopic (exact) mass is 251 g/mol. The van der Waals surface area contributed by atoms with E-state index in [1.54, 1.807) is 6.07 Å². The van der Waals surface area contributed by atoms with E-state index in [2.05, 4.69) is 29.4 Å². The number of rotatable bonds is 6. The molecule has 1 fully saturated rings.